The number of benzene rings is 2. The number of rotatable bonds is 9. The van der Waals surface area contributed by atoms with Gasteiger partial charge in [0, 0.05) is 0 Å². The second-order valence-electron chi connectivity index (χ2n) is 6.95. The van der Waals surface area contributed by atoms with Gasteiger partial charge in [-0.2, -0.15) is 0 Å². The van der Waals surface area contributed by atoms with Crippen molar-refractivity contribution < 1.29 is 0 Å². The van der Waals surface area contributed by atoms with Crippen molar-refractivity contribution in [1.82, 2.24) is 0 Å². The Balaban J connectivity index is 1.88. The topological polar surface area (TPSA) is 0 Å². The highest BCUT2D eigenvalue weighted by Crippen LogP contribution is 2.43. The van der Waals surface area contributed by atoms with Crippen LogP contribution in [0.15, 0.2) is 60.7 Å². The number of hydrogen-bond acceptors (Lipinski definition) is 0. The number of unbranched alkanes of at least 4 members (excludes halogenated alkanes) is 1. The number of hydrogen-bond donors (Lipinski definition) is 0. The van der Waals surface area contributed by atoms with Gasteiger partial charge in [0.2, 0.25) is 0 Å². The van der Waals surface area contributed by atoms with Gasteiger partial charge in [-0.15, -0.1) is 0 Å². The summed E-state index contributed by atoms with van der Waals surface area (Å²) in [6.45, 7) is 9.57. The highest BCUT2D eigenvalue weighted by Gasteiger charge is 2.17. The molecular weight excluding hydrogens is 326 g/mol. The Bertz CT molecular complexity index is 510. The van der Waals surface area contributed by atoms with Crippen LogP contribution in [0, 0.1) is 0 Å². The molecule has 0 nitrogen and oxygen atoms in total. The molecule has 0 saturated heterocycles. The Hall–Kier alpha value is -0.700. The van der Waals surface area contributed by atoms with E-state index in [-0.39, 0.29) is 15.8 Å². The van der Waals surface area contributed by atoms with Gasteiger partial charge in [-0.05, 0) is 47.1 Å². The minimum Gasteiger partial charge on any atom is -0.0727 e. The van der Waals surface area contributed by atoms with Gasteiger partial charge in [0.25, 0.3) is 0 Å². The molecule has 0 radical (unpaired) electrons. The Labute approximate surface area is 151 Å². The molecule has 2 atom stereocenters. The molecule has 2 rings (SSSR count). The molecule has 0 saturated carbocycles. The Morgan fingerprint density at radius 3 is 1.21 bits per heavy atom. The van der Waals surface area contributed by atoms with E-state index in [0.29, 0.717) is 0 Å². The van der Waals surface area contributed by atoms with E-state index in [1.54, 1.807) is 10.6 Å². The largest absolute Gasteiger partial charge is 0.0727 e. The standard InChI is InChI=1S/C22H32P2/c1-19(2)23(21-13-7-5-8-14-21)17-11-12-18-24(20(3)4)22-15-9-6-10-16-22/h5-10,13-16,19-20H,11-12,17-18H2,1-4H3. The molecule has 0 aliphatic rings. The molecule has 130 valence electrons. The van der Waals surface area contributed by atoms with Crippen LogP contribution in [0.1, 0.15) is 40.5 Å². The summed E-state index contributed by atoms with van der Waals surface area (Å²) in [7, 11) is -0.0161. The monoisotopic (exact) mass is 358 g/mol. The first-order valence-electron chi connectivity index (χ1n) is 9.23. The van der Waals surface area contributed by atoms with Crippen LogP contribution < -0.4 is 10.6 Å². The molecule has 0 spiro atoms. The zero-order valence-electron chi connectivity index (χ0n) is 15.7. The zero-order chi connectivity index (χ0) is 17.4. The van der Waals surface area contributed by atoms with E-state index in [0.717, 1.165) is 11.3 Å². The van der Waals surface area contributed by atoms with E-state index in [1.165, 1.54) is 25.2 Å². The predicted molar refractivity (Wildman–Crippen MR) is 115 cm³/mol. The molecule has 0 bridgehead atoms. The summed E-state index contributed by atoms with van der Waals surface area (Å²) in [5, 5.41) is 3.16. The maximum atomic E-state index is 2.39. The van der Waals surface area contributed by atoms with Crippen LogP contribution in [0.3, 0.4) is 0 Å². The fraction of sp³-hybridized carbons (Fsp3) is 0.455. The molecule has 0 aliphatic heterocycles. The quantitative estimate of drug-likeness (QED) is 0.370. The van der Waals surface area contributed by atoms with Crippen molar-refractivity contribution in [2.24, 2.45) is 0 Å². The van der Waals surface area contributed by atoms with E-state index < -0.39 is 0 Å². The van der Waals surface area contributed by atoms with Gasteiger partial charge in [-0.25, -0.2) is 0 Å². The lowest BCUT2D eigenvalue weighted by Gasteiger charge is -2.24. The maximum Gasteiger partial charge on any atom is -0.0226 e. The fourth-order valence-corrected chi connectivity index (χ4v) is 8.15. The minimum atomic E-state index is -0.00803. The summed E-state index contributed by atoms with van der Waals surface area (Å²) in [6, 6.07) is 22.4. The lowest BCUT2D eigenvalue weighted by molar-refractivity contribution is 0.886. The molecule has 2 aromatic rings. The molecule has 2 heteroatoms. The third kappa shape index (κ3) is 5.98. The first-order valence-corrected chi connectivity index (χ1v) is 12.4. The molecule has 2 unspecified atom stereocenters. The Kier molecular flexibility index (Phi) is 8.44. The van der Waals surface area contributed by atoms with Crippen molar-refractivity contribution in [3.05, 3.63) is 60.7 Å². The smallest absolute Gasteiger partial charge is 0.0226 e. The fourth-order valence-electron chi connectivity index (χ4n) is 3.17. The first kappa shape index (κ1) is 19.6. The van der Waals surface area contributed by atoms with Gasteiger partial charge in [0.05, 0.1) is 0 Å². The third-order valence-corrected chi connectivity index (χ3v) is 10.5. The first-order chi connectivity index (χ1) is 11.6. The van der Waals surface area contributed by atoms with Gasteiger partial charge in [-0.3, -0.25) is 0 Å². The molecule has 0 amide bonds. The molecule has 0 aliphatic carbocycles. The second kappa shape index (κ2) is 10.3. The summed E-state index contributed by atoms with van der Waals surface area (Å²) in [5.41, 5.74) is 1.56. The van der Waals surface area contributed by atoms with Crippen LogP contribution in [-0.2, 0) is 0 Å². The van der Waals surface area contributed by atoms with Crippen molar-refractivity contribution >= 4 is 26.5 Å². The SMILES string of the molecule is CC(C)P(CCCCP(c1ccccc1)C(C)C)c1ccccc1. The van der Waals surface area contributed by atoms with E-state index >= 15 is 0 Å². The summed E-state index contributed by atoms with van der Waals surface area (Å²) in [6.07, 6.45) is 5.51. The average molecular weight is 358 g/mol. The van der Waals surface area contributed by atoms with Crippen LogP contribution in [0.25, 0.3) is 0 Å². The lowest BCUT2D eigenvalue weighted by atomic mass is 10.4. The minimum absolute atomic E-state index is 0.00803. The summed E-state index contributed by atoms with van der Waals surface area (Å²) >= 11 is 0. The third-order valence-electron chi connectivity index (χ3n) is 4.47. The van der Waals surface area contributed by atoms with Crippen molar-refractivity contribution in [2.75, 3.05) is 12.3 Å². The molecule has 0 heterocycles. The van der Waals surface area contributed by atoms with Crippen molar-refractivity contribution in [1.29, 1.82) is 0 Å². The lowest BCUT2D eigenvalue weighted by Crippen LogP contribution is -2.12. The van der Waals surface area contributed by atoms with Gasteiger partial charge < -0.3 is 0 Å². The van der Waals surface area contributed by atoms with Crippen molar-refractivity contribution in [2.45, 2.75) is 51.9 Å². The average Bonchev–Trinajstić information content (AvgIpc) is 2.59. The van der Waals surface area contributed by atoms with Gasteiger partial charge in [0.1, 0.15) is 0 Å². The predicted octanol–water partition coefficient (Wildman–Crippen LogP) is 6.20. The van der Waals surface area contributed by atoms with E-state index in [9.17, 15) is 0 Å². The highest BCUT2D eigenvalue weighted by atomic mass is 31.1. The molecule has 0 fully saturated rings. The summed E-state index contributed by atoms with van der Waals surface area (Å²) in [4.78, 5) is 0. The molecule has 2 aromatic carbocycles. The van der Waals surface area contributed by atoms with E-state index in [4.69, 9.17) is 0 Å². The van der Waals surface area contributed by atoms with Gasteiger partial charge >= 0.3 is 0 Å². The van der Waals surface area contributed by atoms with Crippen LogP contribution in [-0.4, -0.2) is 23.6 Å². The van der Waals surface area contributed by atoms with Crippen molar-refractivity contribution in [3.8, 4) is 0 Å². The Morgan fingerprint density at radius 1 is 0.583 bits per heavy atom. The summed E-state index contributed by atoms with van der Waals surface area (Å²) < 4.78 is 0. The normalized spacial score (nSPS) is 14.1. The zero-order valence-corrected chi connectivity index (χ0v) is 17.4. The van der Waals surface area contributed by atoms with Gasteiger partial charge in [-0.1, -0.05) is 104 Å². The van der Waals surface area contributed by atoms with Crippen LogP contribution in [0.2, 0.25) is 0 Å². The highest BCUT2D eigenvalue weighted by molar-refractivity contribution is 7.66. The molecular formula is C22H32P2. The van der Waals surface area contributed by atoms with E-state index in [2.05, 4.69) is 88.4 Å². The maximum absolute atomic E-state index is 2.39. The molecule has 24 heavy (non-hydrogen) atoms. The van der Waals surface area contributed by atoms with Crippen LogP contribution in [0.4, 0.5) is 0 Å². The molecule has 0 aromatic heterocycles. The van der Waals surface area contributed by atoms with Crippen LogP contribution >= 0.6 is 15.8 Å². The molecule has 0 N–H and O–H groups in total. The summed E-state index contributed by atoms with van der Waals surface area (Å²) in [5.74, 6) is 0. The van der Waals surface area contributed by atoms with Gasteiger partial charge in [0.15, 0.2) is 0 Å². The van der Waals surface area contributed by atoms with E-state index in [1.807, 2.05) is 0 Å². The van der Waals surface area contributed by atoms with Crippen LogP contribution in [0.5, 0.6) is 0 Å². The second-order valence-corrected chi connectivity index (χ2v) is 12.8. The Morgan fingerprint density at radius 2 is 0.917 bits per heavy atom. The van der Waals surface area contributed by atoms with Crippen molar-refractivity contribution in [3.63, 3.8) is 0 Å².